The Labute approximate surface area is 211 Å². The molecule has 0 saturated heterocycles. The molecule has 0 N–H and O–H groups in total. The molecule has 36 heavy (non-hydrogen) atoms. The Balaban J connectivity index is 1.69. The van der Waals surface area contributed by atoms with E-state index < -0.39 is 23.2 Å². The zero-order valence-electron chi connectivity index (χ0n) is 18.1. The van der Waals surface area contributed by atoms with Gasteiger partial charge < -0.3 is 0 Å². The minimum atomic E-state index is -4.87. The average Bonchev–Trinajstić information content (AvgIpc) is 3.15. The molecule has 0 aliphatic rings. The second kappa shape index (κ2) is 9.07. The molecule has 2 aromatic heterocycles. The van der Waals surface area contributed by atoms with Crippen molar-refractivity contribution in [2.45, 2.75) is 12.7 Å². The fourth-order valence-electron chi connectivity index (χ4n) is 3.87. The summed E-state index contributed by atoms with van der Waals surface area (Å²) in [6.45, 7) is -0.318. The molecule has 0 unspecified atom stereocenters. The maximum Gasteiger partial charge on any atom is 0.419 e. The lowest BCUT2D eigenvalue weighted by Gasteiger charge is -2.11. The summed E-state index contributed by atoms with van der Waals surface area (Å²) < 4.78 is 55.2. The van der Waals surface area contributed by atoms with Crippen LogP contribution in [0.25, 0.3) is 27.9 Å². The van der Waals surface area contributed by atoms with Gasteiger partial charge in [-0.2, -0.15) is 22.8 Å². The van der Waals surface area contributed by atoms with Gasteiger partial charge >= 0.3 is 11.9 Å². The Kier molecular flexibility index (Phi) is 6.05. The number of benzene rings is 3. The van der Waals surface area contributed by atoms with Crippen molar-refractivity contribution in [3.05, 3.63) is 110 Å². The normalized spacial score (nSPS) is 11.8. The number of aromatic nitrogens is 4. The van der Waals surface area contributed by atoms with E-state index in [1.165, 1.54) is 12.3 Å². The Bertz CT molecular complexity index is 1640. The van der Waals surface area contributed by atoms with Gasteiger partial charge in [0.15, 0.2) is 5.65 Å². The Morgan fingerprint density at radius 3 is 2.08 bits per heavy atom. The van der Waals surface area contributed by atoms with Crippen molar-refractivity contribution in [1.82, 2.24) is 19.4 Å². The highest BCUT2D eigenvalue weighted by Gasteiger charge is 2.34. The van der Waals surface area contributed by atoms with Crippen molar-refractivity contribution >= 4 is 28.8 Å². The first-order valence-corrected chi connectivity index (χ1v) is 11.2. The van der Waals surface area contributed by atoms with Crippen molar-refractivity contribution in [2.24, 2.45) is 0 Å². The number of hydrogen-bond donors (Lipinski definition) is 0. The third-order valence-electron chi connectivity index (χ3n) is 5.57. The smallest absolute Gasteiger partial charge is 0.244 e. The van der Waals surface area contributed by atoms with Crippen molar-refractivity contribution in [3.63, 3.8) is 0 Å². The number of halogens is 6. The van der Waals surface area contributed by atoms with Gasteiger partial charge in [-0.1, -0.05) is 53.5 Å². The summed E-state index contributed by atoms with van der Waals surface area (Å²) >= 11 is 12.1. The van der Waals surface area contributed by atoms with E-state index in [0.29, 0.717) is 32.8 Å². The topological polar surface area (TPSA) is 52.2 Å². The van der Waals surface area contributed by atoms with Crippen LogP contribution in [0.2, 0.25) is 10.0 Å². The molecule has 0 saturated carbocycles. The molecule has 3 aromatic carbocycles. The van der Waals surface area contributed by atoms with Crippen molar-refractivity contribution < 1.29 is 17.6 Å². The van der Waals surface area contributed by atoms with E-state index in [4.69, 9.17) is 23.2 Å². The fourth-order valence-corrected chi connectivity index (χ4v) is 4.13. The first kappa shape index (κ1) is 24.0. The van der Waals surface area contributed by atoms with Crippen LogP contribution >= 0.6 is 23.2 Å². The van der Waals surface area contributed by atoms with Crippen LogP contribution in [0.15, 0.2) is 77.7 Å². The Hall–Kier alpha value is -3.69. The van der Waals surface area contributed by atoms with E-state index in [9.17, 15) is 22.4 Å². The number of hydrogen-bond acceptors (Lipinski definition) is 3. The molecule has 5 nitrogen and oxygen atoms in total. The Morgan fingerprint density at radius 2 is 1.47 bits per heavy atom. The highest BCUT2D eigenvalue weighted by Crippen LogP contribution is 2.35. The summed E-state index contributed by atoms with van der Waals surface area (Å²) in [5.41, 5.74) is 0.829. The quantitative estimate of drug-likeness (QED) is 0.241. The summed E-state index contributed by atoms with van der Waals surface area (Å²) in [7, 11) is 0. The highest BCUT2D eigenvalue weighted by molar-refractivity contribution is 6.31. The van der Waals surface area contributed by atoms with Gasteiger partial charge in [-0.15, -0.1) is 5.10 Å². The van der Waals surface area contributed by atoms with Gasteiger partial charge in [0.1, 0.15) is 5.82 Å². The number of alkyl halides is 3. The molecule has 0 amide bonds. The van der Waals surface area contributed by atoms with Gasteiger partial charge in [-0.05, 0) is 53.1 Å². The largest absolute Gasteiger partial charge is 0.419 e. The average molecular weight is 533 g/mol. The molecular weight excluding hydrogens is 519 g/mol. The molecule has 182 valence electrons. The van der Waals surface area contributed by atoms with Gasteiger partial charge in [0, 0.05) is 21.2 Å². The van der Waals surface area contributed by atoms with Crippen LogP contribution in [0.5, 0.6) is 0 Å². The lowest BCUT2D eigenvalue weighted by atomic mass is 9.97. The molecule has 0 fully saturated rings. The molecule has 5 rings (SSSR count). The second-order valence-electron chi connectivity index (χ2n) is 7.93. The SMILES string of the molecule is O=c1n(Cc2ccc(F)c(C(F)(F)F)c2)nc2c(-c3ccc(Cl)cc3)c(-c3ccc(Cl)cc3)cnn12. The summed E-state index contributed by atoms with van der Waals surface area (Å²) in [6.07, 6.45) is -3.37. The van der Waals surface area contributed by atoms with Crippen molar-refractivity contribution in [3.8, 4) is 22.3 Å². The number of rotatable bonds is 4. The zero-order valence-corrected chi connectivity index (χ0v) is 19.6. The monoisotopic (exact) mass is 532 g/mol. The molecule has 5 aromatic rings. The maximum absolute atomic E-state index is 13.7. The summed E-state index contributed by atoms with van der Waals surface area (Å²) in [4.78, 5) is 13.1. The first-order chi connectivity index (χ1) is 17.1. The van der Waals surface area contributed by atoms with Gasteiger partial charge in [-0.3, -0.25) is 0 Å². The third kappa shape index (κ3) is 4.47. The molecule has 0 atom stereocenters. The standard InChI is InChI=1S/C25H14Cl2F4N4O/c26-17-6-2-15(3-7-17)19-12-32-35-23(22(19)16-4-8-18(27)9-5-16)33-34(24(35)36)13-14-1-10-21(28)20(11-14)25(29,30)31/h1-12H,13H2. The van der Waals surface area contributed by atoms with E-state index in [0.717, 1.165) is 20.8 Å². The van der Waals surface area contributed by atoms with Gasteiger partial charge in [0.05, 0.1) is 18.3 Å². The summed E-state index contributed by atoms with van der Waals surface area (Å²) in [5.74, 6) is -1.40. The molecule has 2 heterocycles. The second-order valence-corrected chi connectivity index (χ2v) is 8.81. The van der Waals surface area contributed by atoms with E-state index in [-0.39, 0.29) is 17.8 Å². The number of nitrogens with zero attached hydrogens (tertiary/aromatic N) is 4. The number of fused-ring (bicyclic) bond motifs is 1. The Morgan fingerprint density at radius 1 is 0.861 bits per heavy atom. The van der Waals surface area contributed by atoms with Crippen LogP contribution in [-0.2, 0) is 12.7 Å². The highest BCUT2D eigenvalue weighted by atomic mass is 35.5. The van der Waals surface area contributed by atoms with Gasteiger partial charge in [0.25, 0.3) is 0 Å². The van der Waals surface area contributed by atoms with Crippen molar-refractivity contribution in [1.29, 1.82) is 0 Å². The predicted octanol–water partition coefficient (Wildman–Crippen LogP) is 6.74. The lowest BCUT2D eigenvalue weighted by Crippen LogP contribution is -2.23. The predicted molar refractivity (Wildman–Crippen MR) is 129 cm³/mol. The van der Waals surface area contributed by atoms with Gasteiger partial charge in [0.2, 0.25) is 0 Å². The van der Waals surface area contributed by atoms with E-state index in [1.54, 1.807) is 48.5 Å². The third-order valence-corrected chi connectivity index (χ3v) is 6.07. The first-order valence-electron chi connectivity index (χ1n) is 10.5. The summed E-state index contributed by atoms with van der Waals surface area (Å²) in [6, 6.07) is 16.5. The van der Waals surface area contributed by atoms with Crippen LogP contribution in [0.3, 0.4) is 0 Å². The minimum Gasteiger partial charge on any atom is -0.244 e. The van der Waals surface area contributed by atoms with E-state index in [2.05, 4.69) is 10.2 Å². The van der Waals surface area contributed by atoms with Crippen LogP contribution in [0.1, 0.15) is 11.1 Å². The van der Waals surface area contributed by atoms with Crippen LogP contribution in [0.4, 0.5) is 17.6 Å². The molecule has 0 aliphatic carbocycles. The van der Waals surface area contributed by atoms with E-state index >= 15 is 0 Å². The van der Waals surface area contributed by atoms with Crippen LogP contribution < -0.4 is 5.69 Å². The van der Waals surface area contributed by atoms with Gasteiger partial charge in [-0.25, -0.2) is 13.9 Å². The molecular formula is C25H14Cl2F4N4O. The summed E-state index contributed by atoms with van der Waals surface area (Å²) in [5, 5.41) is 9.68. The lowest BCUT2D eigenvalue weighted by molar-refractivity contribution is -0.140. The zero-order chi connectivity index (χ0) is 25.6. The maximum atomic E-state index is 13.7. The van der Waals surface area contributed by atoms with E-state index in [1.807, 2.05) is 0 Å². The fraction of sp³-hybridized carbons (Fsp3) is 0.0800. The molecule has 11 heteroatoms. The van der Waals surface area contributed by atoms with Crippen LogP contribution in [0, 0.1) is 5.82 Å². The molecule has 0 aliphatic heterocycles. The molecule has 0 radical (unpaired) electrons. The van der Waals surface area contributed by atoms with Crippen LogP contribution in [-0.4, -0.2) is 19.4 Å². The molecule has 0 bridgehead atoms. The minimum absolute atomic E-state index is 0.0557. The molecule has 0 spiro atoms. The van der Waals surface area contributed by atoms with Crippen molar-refractivity contribution in [2.75, 3.05) is 0 Å².